The number of carbonyl (C=O) groups is 2. The lowest BCUT2D eigenvalue weighted by Gasteiger charge is -1.94. The van der Waals surface area contributed by atoms with Gasteiger partial charge in [-0.05, 0) is 18.2 Å². The van der Waals surface area contributed by atoms with Gasteiger partial charge in [0.2, 0.25) is 0 Å². The highest BCUT2D eigenvalue weighted by Crippen LogP contribution is 2.18. The predicted molar refractivity (Wildman–Crippen MR) is 55.2 cm³/mol. The smallest absolute Gasteiger partial charge is 0.317 e. The third-order valence-electron chi connectivity index (χ3n) is 1.29. The molecule has 0 amide bonds. The number of phenolic OH excluding ortho intramolecular Hbond substituents is 1. The van der Waals surface area contributed by atoms with Gasteiger partial charge in [0.25, 0.3) is 0 Å². The Morgan fingerprint density at radius 1 is 1.53 bits per heavy atom. The van der Waals surface area contributed by atoms with Gasteiger partial charge in [0.1, 0.15) is 5.75 Å². The number of carboxylic acid groups (broad SMARTS) is 1. The maximum absolute atomic E-state index is 10.2. The van der Waals surface area contributed by atoms with Crippen molar-refractivity contribution in [3.63, 3.8) is 0 Å². The maximum Gasteiger partial charge on any atom is 0.317 e. The van der Waals surface area contributed by atoms with Gasteiger partial charge in [-0.1, -0.05) is 11.6 Å². The van der Waals surface area contributed by atoms with Crippen molar-refractivity contribution in [2.75, 3.05) is 6.54 Å². The number of halogens is 1. The Bertz CT molecular complexity index is 354. The fraction of sp³-hybridized carbons (Fsp3) is 0.111. The molecule has 6 heteroatoms. The van der Waals surface area contributed by atoms with Gasteiger partial charge in [0.15, 0.2) is 6.29 Å². The average Bonchev–Trinajstić information content (AvgIpc) is 2.22. The Morgan fingerprint density at radius 3 is 2.40 bits per heavy atom. The molecule has 0 fully saturated rings. The van der Waals surface area contributed by atoms with Gasteiger partial charge in [-0.25, -0.2) is 0 Å². The maximum atomic E-state index is 10.2. The first-order valence-electron chi connectivity index (χ1n) is 3.86. The van der Waals surface area contributed by atoms with E-state index < -0.39 is 5.97 Å². The second-order valence-corrected chi connectivity index (χ2v) is 2.86. The highest BCUT2D eigenvalue weighted by Gasteiger charge is 1.98. The summed E-state index contributed by atoms with van der Waals surface area (Å²) in [4.78, 5) is 19.4. The molecular weight excluding hydrogens is 222 g/mol. The van der Waals surface area contributed by atoms with Crippen LogP contribution in [0.2, 0.25) is 5.02 Å². The van der Waals surface area contributed by atoms with Crippen LogP contribution in [0.3, 0.4) is 0 Å². The first-order valence-corrected chi connectivity index (χ1v) is 4.24. The van der Waals surface area contributed by atoms with E-state index in [1.807, 2.05) is 0 Å². The lowest BCUT2D eigenvalue weighted by molar-refractivity contribution is -0.135. The number of rotatable bonds is 2. The van der Waals surface area contributed by atoms with E-state index in [-0.39, 0.29) is 17.9 Å². The van der Waals surface area contributed by atoms with E-state index in [0.717, 1.165) is 0 Å². The van der Waals surface area contributed by atoms with Crippen molar-refractivity contribution in [2.24, 2.45) is 5.73 Å². The normalized spacial score (nSPS) is 8.67. The molecule has 0 aliphatic heterocycles. The van der Waals surface area contributed by atoms with Crippen molar-refractivity contribution in [2.45, 2.75) is 0 Å². The monoisotopic (exact) mass is 231 g/mol. The lowest BCUT2D eigenvalue weighted by Crippen LogP contribution is -2.10. The highest BCUT2D eigenvalue weighted by atomic mass is 35.5. The van der Waals surface area contributed by atoms with Crippen LogP contribution < -0.4 is 5.73 Å². The molecule has 0 radical (unpaired) electrons. The van der Waals surface area contributed by atoms with Crippen LogP contribution in [0.15, 0.2) is 18.2 Å². The summed E-state index contributed by atoms with van der Waals surface area (Å²) in [5.74, 6) is -1.01. The molecule has 0 heterocycles. The fourth-order valence-electron chi connectivity index (χ4n) is 0.620. The summed E-state index contributed by atoms with van der Waals surface area (Å²) >= 11 is 5.53. The molecule has 0 unspecified atom stereocenters. The van der Waals surface area contributed by atoms with Crippen molar-refractivity contribution >= 4 is 23.9 Å². The summed E-state index contributed by atoms with van der Waals surface area (Å²) < 4.78 is 0. The number of hydrogen-bond donors (Lipinski definition) is 3. The number of nitrogens with two attached hydrogens (primary N) is 1. The van der Waals surface area contributed by atoms with Gasteiger partial charge in [-0.2, -0.15) is 0 Å². The number of carboxylic acids is 1. The molecule has 0 spiro atoms. The number of aromatic hydroxyl groups is 1. The van der Waals surface area contributed by atoms with E-state index in [9.17, 15) is 9.59 Å². The molecule has 0 saturated carbocycles. The first-order chi connectivity index (χ1) is 7.01. The molecular formula is C9H10ClNO4. The molecule has 5 nitrogen and oxygen atoms in total. The third-order valence-corrected chi connectivity index (χ3v) is 1.53. The predicted octanol–water partition coefficient (Wildman–Crippen LogP) is 0.888. The topological polar surface area (TPSA) is 101 Å². The summed E-state index contributed by atoms with van der Waals surface area (Å²) in [6, 6.07) is 4.31. The van der Waals surface area contributed by atoms with Crippen molar-refractivity contribution in [1.82, 2.24) is 0 Å². The van der Waals surface area contributed by atoms with Gasteiger partial charge in [0.05, 0.1) is 12.1 Å². The summed E-state index contributed by atoms with van der Waals surface area (Å²) in [6.07, 6.45) is 0.557. The minimum Gasteiger partial charge on any atom is -0.507 e. The van der Waals surface area contributed by atoms with E-state index in [2.05, 4.69) is 5.73 Å². The van der Waals surface area contributed by atoms with Crippen LogP contribution in [0, 0.1) is 0 Å². The minimum absolute atomic E-state index is 0.0422. The van der Waals surface area contributed by atoms with E-state index in [0.29, 0.717) is 11.3 Å². The molecule has 0 aromatic heterocycles. The van der Waals surface area contributed by atoms with Gasteiger partial charge in [0, 0.05) is 5.02 Å². The number of carbonyl (C=O) groups excluding carboxylic acids is 1. The Kier molecular flexibility index (Phi) is 6.08. The van der Waals surface area contributed by atoms with Gasteiger partial charge in [-0.15, -0.1) is 0 Å². The fourth-order valence-corrected chi connectivity index (χ4v) is 0.800. The second-order valence-electron chi connectivity index (χ2n) is 2.42. The van der Waals surface area contributed by atoms with Crippen LogP contribution in [0.5, 0.6) is 5.75 Å². The summed E-state index contributed by atoms with van der Waals surface area (Å²) in [6.45, 7) is -0.278. The molecule has 0 saturated heterocycles. The molecule has 15 heavy (non-hydrogen) atoms. The van der Waals surface area contributed by atoms with Crippen LogP contribution in [-0.4, -0.2) is 29.0 Å². The molecule has 4 N–H and O–H groups in total. The van der Waals surface area contributed by atoms with Crippen LogP contribution in [0.4, 0.5) is 0 Å². The zero-order valence-electron chi connectivity index (χ0n) is 7.68. The van der Waals surface area contributed by atoms with E-state index >= 15 is 0 Å². The zero-order chi connectivity index (χ0) is 11.8. The molecule has 0 bridgehead atoms. The number of aldehydes is 1. The Labute approximate surface area is 91.1 Å². The van der Waals surface area contributed by atoms with Crippen molar-refractivity contribution in [1.29, 1.82) is 0 Å². The molecule has 1 aromatic rings. The van der Waals surface area contributed by atoms with Crippen LogP contribution in [-0.2, 0) is 4.79 Å². The molecule has 82 valence electrons. The SMILES string of the molecule is NCC(=O)O.O=Cc1cc(Cl)ccc1O. The van der Waals surface area contributed by atoms with Crippen molar-refractivity contribution in [3.05, 3.63) is 28.8 Å². The summed E-state index contributed by atoms with van der Waals surface area (Å²) in [7, 11) is 0. The lowest BCUT2D eigenvalue weighted by atomic mass is 10.2. The Hall–Kier alpha value is -1.59. The van der Waals surface area contributed by atoms with E-state index in [1.165, 1.54) is 18.2 Å². The third kappa shape index (κ3) is 5.66. The van der Waals surface area contributed by atoms with E-state index in [4.69, 9.17) is 21.8 Å². The van der Waals surface area contributed by atoms with Crippen molar-refractivity contribution < 1.29 is 19.8 Å². The number of aliphatic carboxylic acids is 1. The zero-order valence-corrected chi connectivity index (χ0v) is 8.44. The van der Waals surface area contributed by atoms with E-state index in [1.54, 1.807) is 0 Å². The standard InChI is InChI=1S/C7H5ClO2.C2H5NO2/c8-6-1-2-7(10)5(3-6)4-9;3-1-2(4)5/h1-4,10H;1,3H2,(H,4,5). The second kappa shape index (κ2) is 6.80. The molecule has 1 rings (SSSR count). The number of phenols is 1. The Balaban J connectivity index is 0.000000336. The first kappa shape index (κ1) is 13.4. The summed E-state index contributed by atoms with van der Waals surface area (Å²) in [5, 5.41) is 17.0. The minimum atomic E-state index is -0.968. The van der Waals surface area contributed by atoms with Crippen LogP contribution in [0.25, 0.3) is 0 Å². The van der Waals surface area contributed by atoms with Crippen molar-refractivity contribution in [3.8, 4) is 5.75 Å². The van der Waals surface area contributed by atoms with Gasteiger partial charge < -0.3 is 15.9 Å². The molecule has 0 aliphatic carbocycles. The highest BCUT2D eigenvalue weighted by molar-refractivity contribution is 6.30. The average molecular weight is 232 g/mol. The molecule has 0 aliphatic rings. The van der Waals surface area contributed by atoms with Gasteiger partial charge >= 0.3 is 5.97 Å². The van der Waals surface area contributed by atoms with Crippen LogP contribution >= 0.6 is 11.6 Å². The molecule has 0 atom stereocenters. The van der Waals surface area contributed by atoms with Gasteiger partial charge in [-0.3, -0.25) is 9.59 Å². The quantitative estimate of drug-likeness (QED) is 0.656. The molecule has 1 aromatic carbocycles. The number of benzene rings is 1. The summed E-state index contributed by atoms with van der Waals surface area (Å²) in [5.41, 5.74) is 4.79. The van der Waals surface area contributed by atoms with Crippen LogP contribution in [0.1, 0.15) is 10.4 Å². The largest absolute Gasteiger partial charge is 0.507 e. The number of hydrogen-bond acceptors (Lipinski definition) is 4. The Morgan fingerprint density at radius 2 is 2.07 bits per heavy atom.